The van der Waals surface area contributed by atoms with Crippen molar-refractivity contribution in [3.8, 4) is 5.75 Å². The van der Waals surface area contributed by atoms with Crippen LogP contribution in [-0.2, 0) is 4.79 Å². The molecule has 2 rings (SSSR count). The van der Waals surface area contributed by atoms with Gasteiger partial charge in [-0.3, -0.25) is 4.79 Å². The van der Waals surface area contributed by atoms with Crippen LogP contribution in [0.5, 0.6) is 5.75 Å². The van der Waals surface area contributed by atoms with Crippen molar-refractivity contribution < 1.29 is 13.9 Å². The number of rotatable bonds is 5. The zero-order valence-corrected chi connectivity index (χ0v) is 13.5. The molecule has 0 spiro atoms. The van der Waals surface area contributed by atoms with Crippen LogP contribution in [0.2, 0.25) is 5.02 Å². The topological polar surface area (TPSA) is 50.7 Å². The van der Waals surface area contributed by atoms with E-state index in [1.165, 1.54) is 18.2 Å². The van der Waals surface area contributed by atoms with Crippen molar-refractivity contribution in [2.45, 2.75) is 13.8 Å². The normalized spacial score (nSPS) is 10.8. The first kappa shape index (κ1) is 17.0. The molecule has 0 bridgehead atoms. The minimum atomic E-state index is -0.512. The molecule has 0 radical (unpaired) electrons. The van der Waals surface area contributed by atoms with Crippen molar-refractivity contribution in [3.63, 3.8) is 0 Å². The van der Waals surface area contributed by atoms with Gasteiger partial charge in [-0.05, 0) is 43.2 Å². The monoisotopic (exact) mass is 334 g/mol. The number of nitrogens with one attached hydrogen (secondary N) is 1. The van der Waals surface area contributed by atoms with Gasteiger partial charge in [0.15, 0.2) is 6.61 Å². The molecule has 0 atom stereocenters. The summed E-state index contributed by atoms with van der Waals surface area (Å²) >= 11 is 5.85. The van der Waals surface area contributed by atoms with Crippen LogP contribution >= 0.6 is 11.6 Å². The molecule has 1 N–H and O–H groups in total. The highest BCUT2D eigenvalue weighted by Crippen LogP contribution is 2.19. The Hall–Kier alpha value is -2.40. The number of hydrogen-bond donors (Lipinski definition) is 1. The molecule has 23 heavy (non-hydrogen) atoms. The summed E-state index contributed by atoms with van der Waals surface area (Å²) in [5.41, 5.74) is 4.36. The van der Waals surface area contributed by atoms with Gasteiger partial charge in [-0.1, -0.05) is 29.8 Å². The van der Waals surface area contributed by atoms with Crippen LogP contribution in [0.1, 0.15) is 16.7 Å². The van der Waals surface area contributed by atoms with E-state index in [9.17, 15) is 9.18 Å². The lowest BCUT2D eigenvalue weighted by Gasteiger charge is -2.08. The first-order chi connectivity index (χ1) is 11.0. The molecule has 120 valence electrons. The molecule has 2 aromatic rings. The Morgan fingerprint density at radius 1 is 1.35 bits per heavy atom. The number of benzene rings is 2. The Balaban J connectivity index is 1.90. The molecule has 0 aliphatic carbocycles. The Morgan fingerprint density at radius 2 is 2.13 bits per heavy atom. The third kappa shape index (κ3) is 4.79. The fourth-order valence-electron chi connectivity index (χ4n) is 1.84. The zero-order valence-electron chi connectivity index (χ0n) is 12.8. The van der Waals surface area contributed by atoms with E-state index in [0.717, 1.165) is 17.3 Å². The molecule has 0 saturated carbocycles. The minimum absolute atomic E-state index is 0.116. The van der Waals surface area contributed by atoms with Gasteiger partial charge in [0.2, 0.25) is 0 Å². The third-order valence-electron chi connectivity index (χ3n) is 3.09. The first-order valence-corrected chi connectivity index (χ1v) is 7.31. The van der Waals surface area contributed by atoms with E-state index >= 15 is 0 Å². The van der Waals surface area contributed by atoms with Gasteiger partial charge in [-0.2, -0.15) is 5.10 Å². The van der Waals surface area contributed by atoms with Gasteiger partial charge in [0.25, 0.3) is 5.91 Å². The molecule has 4 nitrogen and oxygen atoms in total. The maximum atomic E-state index is 13.5. The summed E-state index contributed by atoms with van der Waals surface area (Å²) in [4.78, 5) is 11.7. The van der Waals surface area contributed by atoms with E-state index in [1.54, 1.807) is 0 Å². The minimum Gasteiger partial charge on any atom is -0.483 e. The number of carbonyl (C=O) groups excluding carboxylic acids is 1. The van der Waals surface area contributed by atoms with Crippen molar-refractivity contribution >= 4 is 23.7 Å². The Bertz CT molecular complexity index is 727. The van der Waals surface area contributed by atoms with E-state index in [0.29, 0.717) is 5.75 Å². The van der Waals surface area contributed by atoms with E-state index in [1.807, 2.05) is 32.0 Å². The summed E-state index contributed by atoms with van der Waals surface area (Å²) in [7, 11) is 0. The first-order valence-electron chi connectivity index (χ1n) is 6.93. The quantitative estimate of drug-likeness (QED) is 0.670. The van der Waals surface area contributed by atoms with Crippen molar-refractivity contribution in [1.29, 1.82) is 0 Å². The van der Waals surface area contributed by atoms with Crippen LogP contribution in [0.15, 0.2) is 41.5 Å². The summed E-state index contributed by atoms with van der Waals surface area (Å²) in [5, 5.41) is 3.90. The lowest BCUT2D eigenvalue weighted by Crippen LogP contribution is -2.24. The van der Waals surface area contributed by atoms with Crippen LogP contribution in [0, 0.1) is 19.7 Å². The molecule has 1 amide bonds. The maximum absolute atomic E-state index is 13.5. The largest absolute Gasteiger partial charge is 0.483 e. The van der Waals surface area contributed by atoms with E-state index in [4.69, 9.17) is 16.3 Å². The second-order valence-corrected chi connectivity index (χ2v) is 5.39. The number of hydrazone groups is 1. The van der Waals surface area contributed by atoms with Crippen LogP contribution < -0.4 is 10.2 Å². The molecule has 6 heteroatoms. The van der Waals surface area contributed by atoms with Crippen molar-refractivity contribution in [2.24, 2.45) is 5.10 Å². The highest BCUT2D eigenvalue weighted by molar-refractivity contribution is 6.33. The predicted molar refractivity (Wildman–Crippen MR) is 88.6 cm³/mol. The standard InChI is InChI=1S/C17H16ClFN2O2/c1-11-6-7-12(2)16(8-11)23-10-17(22)21-20-9-13-14(18)4-3-5-15(13)19/h3-9H,10H2,1-2H3,(H,21,22)/b20-9-. The highest BCUT2D eigenvalue weighted by Gasteiger charge is 2.06. The van der Waals surface area contributed by atoms with Gasteiger partial charge in [-0.25, -0.2) is 9.82 Å². The Kier molecular flexibility index (Phi) is 5.71. The molecule has 0 fully saturated rings. The average Bonchev–Trinajstić information content (AvgIpc) is 2.51. The van der Waals surface area contributed by atoms with E-state index in [2.05, 4.69) is 10.5 Å². The number of nitrogens with zero attached hydrogens (tertiary/aromatic N) is 1. The zero-order chi connectivity index (χ0) is 16.8. The van der Waals surface area contributed by atoms with Gasteiger partial charge in [0, 0.05) is 5.56 Å². The molecule has 0 aromatic heterocycles. The molecule has 0 aliphatic heterocycles. The Morgan fingerprint density at radius 3 is 2.87 bits per heavy atom. The predicted octanol–water partition coefficient (Wildman–Crippen LogP) is 3.63. The SMILES string of the molecule is Cc1ccc(C)c(OCC(=O)N/N=C\c2c(F)cccc2Cl)c1. The summed E-state index contributed by atoms with van der Waals surface area (Å²) in [6.07, 6.45) is 1.16. The smallest absolute Gasteiger partial charge is 0.277 e. The summed E-state index contributed by atoms with van der Waals surface area (Å²) in [5.74, 6) is -0.321. The number of hydrogen-bond acceptors (Lipinski definition) is 3. The number of halogens is 2. The van der Waals surface area contributed by atoms with Gasteiger partial charge < -0.3 is 4.74 Å². The number of aryl methyl sites for hydroxylation is 2. The fraction of sp³-hybridized carbons (Fsp3) is 0.176. The molecule has 0 aliphatic rings. The summed E-state index contributed by atoms with van der Waals surface area (Å²) < 4.78 is 19.0. The average molecular weight is 335 g/mol. The van der Waals surface area contributed by atoms with Crippen molar-refractivity contribution in [3.05, 3.63) is 63.9 Å². The van der Waals surface area contributed by atoms with Crippen molar-refractivity contribution in [1.82, 2.24) is 5.43 Å². The maximum Gasteiger partial charge on any atom is 0.277 e. The van der Waals surface area contributed by atoms with Crippen LogP contribution in [0.3, 0.4) is 0 Å². The van der Waals surface area contributed by atoms with Gasteiger partial charge in [0.1, 0.15) is 11.6 Å². The number of carbonyl (C=O) groups is 1. The van der Waals surface area contributed by atoms with Crippen molar-refractivity contribution in [2.75, 3.05) is 6.61 Å². The number of amides is 1. The van der Waals surface area contributed by atoms with E-state index < -0.39 is 11.7 Å². The Labute approximate surface area is 138 Å². The van der Waals surface area contributed by atoms with Gasteiger partial charge in [0.05, 0.1) is 11.2 Å². The molecule has 0 unspecified atom stereocenters. The van der Waals surface area contributed by atoms with Gasteiger partial charge >= 0.3 is 0 Å². The molecular weight excluding hydrogens is 319 g/mol. The second-order valence-electron chi connectivity index (χ2n) is 4.99. The third-order valence-corrected chi connectivity index (χ3v) is 3.41. The summed E-state index contributed by atoms with van der Waals surface area (Å²) in [6, 6.07) is 10.0. The molecule has 0 heterocycles. The molecule has 0 saturated heterocycles. The van der Waals surface area contributed by atoms with E-state index in [-0.39, 0.29) is 17.2 Å². The second kappa shape index (κ2) is 7.74. The molecule has 2 aromatic carbocycles. The van der Waals surface area contributed by atoms with Gasteiger partial charge in [-0.15, -0.1) is 0 Å². The highest BCUT2D eigenvalue weighted by atomic mass is 35.5. The van der Waals surface area contributed by atoms with Crippen LogP contribution in [0.25, 0.3) is 0 Å². The summed E-state index contributed by atoms with van der Waals surface area (Å²) in [6.45, 7) is 3.65. The lowest BCUT2D eigenvalue weighted by atomic mass is 10.1. The van der Waals surface area contributed by atoms with Crippen LogP contribution in [0.4, 0.5) is 4.39 Å². The van der Waals surface area contributed by atoms with Crippen LogP contribution in [-0.4, -0.2) is 18.7 Å². The molecular formula is C17H16ClFN2O2. The lowest BCUT2D eigenvalue weighted by molar-refractivity contribution is -0.123. The fourth-order valence-corrected chi connectivity index (χ4v) is 2.05. The number of ether oxygens (including phenoxy) is 1.